The highest BCUT2D eigenvalue weighted by Gasteiger charge is 2.51. The Kier molecular flexibility index (Phi) is 4.01. The minimum atomic E-state index is 0.0253. The van der Waals surface area contributed by atoms with Gasteiger partial charge in [0.2, 0.25) is 5.91 Å². The lowest BCUT2D eigenvalue weighted by Gasteiger charge is -2.25. The summed E-state index contributed by atoms with van der Waals surface area (Å²) >= 11 is 0. The van der Waals surface area contributed by atoms with Crippen LogP contribution in [0.3, 0.4) is 0 Å². The Morgan fingerprint density at radius 1 is 1.47 bits per heavy atom. The van der Waals surface area contributed by atoms with Crippen molar-refractivity contribution in [1.29, 1.82) is 0 Å². The molecule has 0 aromatic heterocycles. The summed E-state index contributed by atoms with van der Waals surface area (Å²) in [4.78, 5) is 13.9. The number of nitrogens with zero attached hydrogens (tertiary/aromatic N) is 1. The van der Waals surface area contributed by atoms with E-state index in [9.17, 15) is 4.79 Å². The van der Waals surface area contributed by atoms with Gasteiger partial charge >= 0.3 is 0 Å². The molecule has 2 atom stereocenters. The van der Waals surface area contributed by atoms with E-state index in [1.807, 2.05) is 4.90 Å². The van der Waals surface area contributed by atoms with E-state index in [-0.39, 0.29) is 11.3 Å². The van der Waals surface area contributed by atoms with Gasteiger partial charge in [-0.25, -0.2) is 0 Å². The molecule has 0 unspecified atom stereocenters. The number of methoxy groups -OCH3 is 2. The van der Waals surface area contributed by atoms with E-state index >= 15 is 0 Å². The van der Waals surface area contributed by atoms with Crippen LogP contribution in [0, 0.1) is 11.3 Å². The number of carbonyl (C=O) groups excluding carboxylic acids is 1. The van der Waals surface area contributed by atoms with Crippen molar-refractivity contribution in [3.8, 4) is 0 Å². The van der Waals surface area contributed by atoms with Crippen LogP contribution in [0.2, 0.25) is 0 Å². The average molecular weight is 243 g/mol. The maximum absolute atomic E-state index is 11.9. The number of likely N-dealkylation sites (tertiary alicyclic amines) is 1. The Morgan fingerprint density at radius 3 is 3.00 bits per heavy atom. The molecule has 0 N–H and O–H groups in total. The van der Waals surface area contributed by atoms with Crippen LogP contribution in [0.15, 0.2) is 0 Å². The minimum absolute atomic E-state index is 0.0253. The highest BCUT2D eigenvalue weighted by molar-refractivity contribution is 5.76. The van der Waals surface area contributed by atoms with Crippen LogP contribution < -0.4 is 0 Å². The SMILES string of the molecule is COCCC(=O)N1C[C@@H]2COC[C@]2(COC)C1. The van der Waals surface area contributed by atoms with E-state index in [0.717, 1.165) is 19.7 Å². The van der Waals surface area contributed by atoms with Crippen molar-refractivity contribution in [2.45, 2.75) is 6.42 Å². The van der Waals surface area contributed by atoms with E-state index in [1.54, 1.807) is 14.2 Å². The molecule has 17 heavy (non-hydrogen) atoms. The van der Waals surface area contributed by atoms with Crippen molar-refractivity contribution in [3.05, 3.63) is 0 Å². The Morgan fingerprint density at radius 2 is 2.29 bits per heavy atom. The Balaban J connectivity index is 1.95. The van der Waals surface area contributed by atoms with E-state index in [0.29, 0.717) is 32.2 Å². The van der Waals surface area contributed by atoms with Gasteiger partial charge in [0.1, 0.15) is 0 Å². The van der Waals surface area contributed by atoms with Gasteiger partial charge in [0, 0.05) is 38.6 Å². The number of amides is 1. The molecule has 98 valence electrons. The third kappa shape index (κ3) is 2.46. The summed E-state index contributed by atoms with van der Waals surface area (Å²) in [7, 11) is 3.33. The van der Waals surface area contributed by atoms with E-state index < -0.39 is 0 Å². The third-order valence-corrected chi connectivity index (χ3v) is 3.83. The summed E-state index contributed by atoms with van der Waals surface area (Å²) in [6.07, 6.45) is 0.465. The standard InChI is InChI=1S/C12H21NO4/c1-15-4-3-11(14)13-5-10-6-17-9-12(10,7-13)8-16-2/h10H,3-9H2,1-2H3/t10-,12-/m1/s1. The monoisotopic (exact) mass is 243 g/mol. The molecule has 2 aliphatic rings. The molecule has 0 radical (unpaired) electrons. The van der Waals surface area contributed by atoms with Gasteiger partial charge in [-0.15, -0.1) is 0 Å². The van der Waals surface area contributed by atoms with Crippen LogP contribution in [0.1, 0.15) is 6.42 Å². The molecule has 2 heterocycles. The predicted molar refractivity (Wildman–Crippen MR) is 61.7 cm³/mol. The highest BCUT2D eigenvalue weighted by Crippen LogP contribution is 2.41. The normalized spacial score (nSPS) is 31.9. The first kappa shape index (κ1) is 12.8. The molecule has 2 aliphatic heterocycles. The first-order chi connectivity index (χ1) is 8.22. The molecule has 2 fully saturated rings. The van der Waals surface area contributed by atoms with Crippen molar-refractivity contribution in [2.24, 2.45) is 11.3 Å². The zero-order valence-electron chi connectivity index (χ0n) is 10.6. The topological polar surface area (TPSA) is 48.0 Å². The molecule has 5 nitrogen and oxygen atoms in total. The summed E-state index contributed by atoms with van der Waals surface area (Å²) in [5, 5.41) is 0. The molecular weight excluding hydrogens is 222 g/mol. The number of rotatable bonds is 5. The summed E-state index contributed by atoms with van der Waals surface area (Å²) < 4.78 is 15.8. The van der Waals surface area contributed by atoms with Crippen molar-refractivity contribution < 1.29 is 19.0 Å². The van der Waals surface area contributed by atoms with Gasteiger partial charge in [-0.2, -0.15) is 0 Å². The molecule has 0 bridgehead atoms. The van der Waals surface area contributed by atoms with E-state index in [2.05, 4.69) is 0 Å². The quantitative estimate of drug-likeness (QED) is 0.689. The van der Waals surface area contributed by atoms with Crippen molar-refractivity contribution in [3.63, 3.8) is 0 Å². The van der Waals surface area contributed by atoms with Gasteiger partial charge in [0.15, 0.2) is 0 Å². The first-order valence-electron chi connectivity index (χ1n) is 6.05. The van der Waals surface area contributed by atoms with Crippen molar-refractivity contribution in [2.75, 3.05) is 53.7 Å². The Bertz CT molecular complexity index is 284. The summed E-state index contributed by atoms with van der Waals surface area (Å²) in [6, 6.07) is 0. The molecule has 0 aromatic rings. The Labute approximate surface area is 102 Å². The minimum Gasteiger partial charge on any atom is -0.384 e. The number of ether oxygens (including phenoxy) is 3. The van der Waals surface area contributed by atoms with Gasteiger partial charge in [-0.3, -0.25) is 4.79 Å². The molecule has 0 spiro atoms. The molecular formula is C12H21NO4. The second-order valence-corrected chi connectivity index (χ2v) is 5.02. The van der Waals surface area contributed by atoms with Crippen LogP contribution >= 0.6 is 0 Å². The highest BCUT2D eigenvalue weighted by atomic mass is 16.5. The maximum atomic E-state index is 11.9. The molecule has 0 aromatic carbocycles. The summed E-state index contributed by atoms with van der Waals surface area (Å²) in [6.45, 7) is 4.18. The zero-order valence-corrected chi connectivity index (χ0v) is 10.6. The lowest BCUT2D eigenvalue weighted by molar-refractivity contribution is -0.132. The Hall–Kier alpha value is -0.650. The molecule has 5 heteroatoms. The van der Waals surface area contributed by atoms with Crippen LogP contribution in [0.4, 0.5) is 0 Å². The average Bonchev–Trinajstić information content (AvgIpc) is 2.82. The van der Waals surface area contributed by atoms with Gasteiger partial charge in [-0.05, 0) is 0 Å². The molecule has 0 saturated carbocycles. The molecule has 1 amide bonds. The molecule has 2 rings (SSSR count). The second-order valence-electron chi connectivity index (χ2n) is 5.02. The number of hydrogen-bond donors (Lipinski definition) is 0. The van der Waals surface area contributed by atoms with Gasteiger partial charge < -0.3 is 19.1 Å². The predicted octanol–water partition coefficient (Wildman–Crippen LogP) is 0.144. The van der Waals surface area contributed by atoms with E-state index in [4.69, 9.17) is 14.2 Å². The fourth-order valence-electron chi connectivity index (χ4n) is 2.86. The van der Waals surface area contributed by atoms with Gasteiger partial charge in [0.05, 0.1) is 32.8 Å². The third-order valence-electron chi connectivity index (χ3n) is 3.83. The summed E-state index contributed by atoms with van der Waals surface area (Å²) in [5.41, 5.74) is 0.0253. The lowest BCUT2D eigenvalue weighted by Crippen LogP contribution is -2.37. The van der Waals surface area contributed by atoms with Crippen LogP contribution in [0.5, 0.6) is 0 Å². The van der Waals surface area contributed by atoms with Crippen molar-refractivity contribution >= 4 is 5.91 Å². The molecule has 0 aliphatic carbocycles. The lowest BCUT2D eigenvalue weighted by atomic mass is 9.82. The number of hydrogen-bond acceptors (Lipinski definition) is 4. The fourth-order valence-corrected chi connectivity index (χ4v) is 2.86. The number of carbonyl (C=O) groups is 1. The van der Waals surface area contributed by atoms with Crippen LogP contribution in [0.25, 0.3) is 0 Å². The zero-order chi connectivity index (χ0) is 12.3. The first-order valence-corrected chi connectivity index (χ1v) is 6.05. The maximum Gasteiger partial charge on any atom is 0.224 e. The van der Waals surface area contributed by atoms with Crippen LogP contribution in [-0.2, 0) is 19.0 Å². The fraction of sp³-hybridized carbons (Fsp3) is 0.917. The summed E-state index contributed by atoms with van der Waals surface area (Å²) in [5.74, 6) is 0.602. The second kappa shape index (κ2) is 5.33. The van der Waals surface area contributed by atoms with Crippen molar-refractivity contribution in [1.82, 2.24) is 4.90 Å². The van der Waals surface area contributed by atoms with Crippen LogP contribution in [-0.4, -0.2) is 64.5 Å². The molecule has 2 saturated heterocycles. The number of fused-ring (bicyclic) bond motifs is 1. The smallest absolute Gasteiger partial charge is 0.224 e. The van der Waals surface area contributed by atoms with E-state index in [1.165, 1.54) is 0 Å². The van der Waals surface area contributed by atoms with Gasteiger partial charge in [0.25, 0.3) is 0 Å². The van der Waals surface area contributed by atoms with Gasteiger partial charge in [-0.1, -0.05) is 0 Å². The largest absolute Gasteiger partial charge is 0.384 e.